The SMILES string of the molecule is CC1CCN(C(=O)C2CCN(c3cc(C#N)nc4ccccc34)CC2)CC1. The highest BCUT2D eigenvalue weighted by atomic mass is 16.2. The zero-order valence-corrected chi connectivity index (χ0v) is 15.9. The molecule has 2 aromatic rings. The van der Waals surface area contributed by atoms with Crippen LogP contribution in [0.4, 0.5) is 5.69 Å². The van der Waals surface area contributed by atoms with Gasteiger partial charge in [-0.2, -0.15) is 5.26 Å². The van der Waals surface area contributed by atoms with Crippen LogP contribution in [0.15, 0.2) is 30.3 Å². The Morgan fingerprint density at radius 3 is 2.52 bits per heavy atom. The summed E-state index contributed by atoms with van der Waals surface area (Å²) in [6.45, 7) is 5.80. The van der Waals surface area contributed by atoms with Crippen molar-refractivity contribution in [2.24, 2.45) is 11.8 Å². The van der Waals surface area contributed by atoms with Gasteiger partial charge in [0.15, 0.2) is 0 Å². The van der Waals surface area contributed by atoms with Gasteiger partial charge in [-0.1, -0.05) is 25.1 Å². The number of hydrogen-bond acceptors (Lipinski definition) is 4. The number of hydrogen-bond donors (Lipinski definition) is 0. The van der Waals surface area contributed by atoms with Gasteiger partial charge in [0.05, 0.1) is 5.52 Å². The minimum Gasteiger partial charge on any atom is -0.371 e. The van der Waals surface area contributed by atoms with E-state index in [4.69, 9.17) is 0 Å². The van der Waals surface area contributed by atoms with Gasteiger partial charge in [-0.05, 0) is 43.7 Å². The molecule has 3 heterocycles. The first kappa shape index (κ1) is 17.8. The monoisotopic (exact) mass is 362 g/mol. The van der Waals surface area contributed by atoms with E-state index in [2.05, 4.69) is 33.8 Å². The molecule has 0 N–H and O–H groups in total. The van der Waals surface area contributed by atoms with Crippen LogP contribution in [-0.4, -0.2) is 42.0 Å². The number of nitrogens with zero attached hydrogens (tertiary/aromatic N) is 4. The number of nitriles is 1. The van der Waals surface area contributed by atoms with E-state index in [-0.39, 0.29) is 5.92 Å². The lowest BCUT2D eigenvalue weighted by Gasteiger charge is -2.37. The van der Waals surface area contributed by atoms with Crippen LogP contribution in [-0.2, 0) is 4.79 Å². The van der Waals surface area contributed by atoms with Crippen molar-refractivity contribution in [1.82, 2.24) is 9.88 Å². The molecule has 0 spiro atoms. The average Bonchev–Trinajstić information content (AvgIpc) is 2.73. The highest BCUT2D eigenvalue weighted by Crippen LogP contribution is 2.31. The Hall–Kier alpha value is -2.61. The van der Waals surface area contributed by atoms with Crippen LogP contribution in [0, 0.1) is 23.2 Å². The number of rotatable bonds is 2. The lowest BCUT2D eigenvalue weighted by molar-refractivity contribution is -0.137. The molecule has 4 rings (SSSR count). The summed E-state index contributed by atoms with van der Waals surface area (Å²) in [4.78, 5) is 21.7. The molecule has 5 heteroatoms. The molecule has 140 valence electrons. The molecule has 27 heavy (non-hydrogen) atoms. The summed E-state index contributed by atoms with van der Waals surface area (Å²) in [6, 6.07) is 12.0. The summed E-state index contributed by atoms with van der Waals surface area (Å²) in [6.07, 6.45) is 4.02. The van der Waals surface area contributed by atoms with Crippen molar-refractivity contribution in [3.63, 3.8) is 0 Å². The van der Waals surface area contributed by atoms with E-state index in [9.17, 15) is 10.1 Å². The van der Waals surface area contributed by atoms with E-state index in [0.717, 1.165) is 74.4 Å². The zero-order chi connectivity index (χ0) is 18.8. The van der Waals surface area contributed by atoms with Gasteiger partial charge in [-0.25, -0.2) is 4.98 Å². The van der Waals surface area contributed by atoms with E-state index in [1.165, 1.54) is 0 Å². The number of benzene rings is 1. The molecule has 0 atom stereocenters. The summed E-state index contributed by atoms with van der Waals surface area (Å²) in [5, 5.41) is 10.4. The molecule has 0 unspecified atom stereocenters. The fraction of sp³-hybridized carbons (Fsp3) is 0.500. The molecule has 1 aromatic heterocycles. The summed E-state index contributed by atoms with van der Waals surface area (Å²) in [5.41, 5.74) is 2.37. The van der Waals surface area contributed by atoms with Crippen LogP contribution in [0.3, 0.4) is 0 Å². The maximum Gasteiger partial charge on any atom is 0.225 e. The van der Waals surface area contributed by atoms with Crippen molar-refractivity contribution in [2.75, 3.05) is 31.1 Å². The molecule has 0 bridgehead atoms. The predicted octanol–water partition coefficient (Wildman–Crippen LogP) is 3.58. The van der Waals surface area contributed by atoms with Crippen molar-refractivity contribution >= 4 is 22.5 Å². The van der Waals surface area contributed by atoms with Crippen molar-refractivity contribution in [3.8, 4) is 6.07 Å². The quantitative estimate of drug-likeness (QED) is 0.819. The highest BCUT2D eigenvalue weighted by Gasteiger charge is 2.30. The summed E-state index contributed by atoms with van der Waals surface area (Å²) in [7, 11) is 0. The van der Waals surface area contributed by atoms with Gasteiger partial charge in [0.25, 0.3) is 0 Å². The lowest BCUT2D eigenvalue weighted by Crippen LogP contribution is -2.45. The van der Waals surface area contributed by atoms with Gasteiger partial charge in [0.1, 0.15) is 11.8 Å². The number of fused-ring (bicyclic) bond motifs is 1. The fourth-order valence-corrected chi connectivity index (χ4v) is 4.33. The van der Waals surface area contributed by atoms with E-state index < -0.39 is 0 Å². The van der Waals surface area contributed by atoms with E-state index in [1.807, 2.05) is 24.3 Å². The van der Waals surface area contributed by atoms with Gasteiger partial charge >= 0.3 is 0 Å². The fourth-order valence-electron chi connectivity index (χ4n) is 4.33. The standard InChI is InChI=1S/C22H26N4O/c1-16-6-10-26(11-7-16)22(27)17-8-12-25(13-9-17)21-14-18(15-23)24-20-5-3-2-4-19(20)21/h2-5,14,16-17H,6-13H2,1H3. The minimum atomic E-state index is 0.137. The largest absolute Gasteiger partial charge is 0.371 e. The lowest BCUT2D eigenvalue weighted by atomic mass is 9.92. The number of carbonyl (C=O) groups excluding carboxylic acids is 1. The maximum absolute atomic E-state index is 12.9. The molecular formula is C22H26N4O. The topological polar surface area (TPSA) is 60.2 Å². The Balaban J connectivity index is 1.47. The number of anilines is 1. The number of likely N-dealkylation sites (tertiary alicyclic amines) is 1. The molecule has 1 amide bonds. The molecule has 2 fully saturated rings. The summed E-state index contributed by atoms with van der Waals surface area (Å²) in [5.74, 6) is 1.22. The van der Waals surface area contributed by atoms with Gasteiger partial charge in [-0.3, -0.25) is 4.79 Å². The maximum atomic E-state index is 12.9. The Kier molecular flexibility index (Phi) is 4.98. The van der Waals surface area contributed by atoms with Crippen molar-refractivity contribution in [3.05, 3.63) is 36.0 Å². The second-order valence-corrected chi connectivity index (χ2v) is 7.92. The Morgan fingerprint density at radius 2 is 1.81 bits per heavy atom. The molecular weight excluding hydrogens is 336 g/mol. The van der Waals surface area contributed by atoms with Crippen molar-refractivity contribution in [2.45, 2.75) is 32.6 Å². The van der Waals surface area contributed by atoms with Crippen molar-refractivity contribution in [1.29, 1.82) is 5.26 Å². The Morgan fingerprint density at radius 1 is 1.11 bits per heavy atom. The molecule has 1 aromatic carbocycles. The zero-order valence-electron chi connectivity index (χ0n) is 15.9. The number of amides is 1. The third-order valence-electron chi connectivity index (χ3n) is 6.09. The second kappa shape index (κ2) is 7.56. The Labute approximate surface area is 160 Å². The first-order valence-corrected chi connectivity index (χ1v) is 9.99. The number of pyridine rings is 1. The van der Waals surface area contributed by atoms with Gasteiger partial charge < -0.3 is 9.80 Å². The third-order valence-corrected chi connectivity index (χ3v) is 6.09. The number of para-hydroxylation sites is 1. The van der Waals surface area contributed by atoms with Crippen LogP contribution in [0.2, 0.25) is 0 Å². The molecule has 0 aliphatic carbocycles. The van der Waals surface area contributed by atoms with Crippen molar-refractivity contribution < 1.29 is 4.79 Å². The van der Waals surface area contributed by atoms with Crippen LogP contribution in [0.1, 0.15) is 38.3 Å². The van der Waals surface area contributed by atoms with Crippen LogP contribution in [0.25, 0.3) is 10.9 Å². The molecule has 2 saturated heterocycles. The first-order chi connectivity index (χ1) is 13.2. The predicted molar refractivity (Wildman–Crippen MR) is 106 cm³/mol. The van der Waals surface area contributed by atoms with E-state index in [1.54, 1.807) is 0 Å². The van der Waals surface area contributed by atoms with Crippen LogP contribution in [0.5, 0.6) is 0 Å². The Bertz CT molecular complexity index is 872. The third kappa shape index (κ3) is 3.62. The summed E-state index contributed by atoms with van der Waals surface area (Å²) >= 11 is 0. The molecule has 2 aliphatic heterocycles. The molecule has 2 aliphatic rings. The summed E-state index contributed by atoms with van der Waals surface area (Å²) < 4.78 is 0. The molecule has 0 radical (unpaired) electrons. The average molecular weight is 362 g/mol. The van der Waals surface area contributed by atoms with Gasteiger partial charge in [0.2, 0.25) is 5.91 Å². The molecule has 0 saturated carbocycles. The van der Waals surface area contributed by atoms with E-state index >= 15 is 0 Å². The number of carbonyl (C=O) groups is 1. The number of piperidine rings is 2. The van der Waals surface area contributed by atoms with E-state index in [0.29, 0.717) is 11.6 Å². The second-order valence-electron chi connectivity index (χ2n) is 7.92. The normalized spacial score (nSPS) is 19.3. The smallest absolute Gasteiger partial charge is 0.225 e. The molecule has 5 nitrogen and oxygen atoms in total. The number of aromatic nitrogens is 1. The minimum absolute atomic E-state index is 0.137. The highest BCUT2D eigenvalue weighted by molar-refractivity contribution is 5.92. The van der Waals surface area contributed by atoms with Crippen LogP contribution >= 0.6 is 0 Å². The van der Waals surface area contributed by atoms with Gasteiger partial charge in [0, 0.05) is 43.2 Å². The first-order valence-electron chi connectivity index (χ1n) is 9.99. The van der Waals surface area contributed by atoms with Crippen LogP contribution < -0.4 is 4.90 Å². The van der Waals surface area contributed by atoms with Gasteiger partial charge in [-0.15, -0.1) is 0 Å².